The zero-order valence-corrected chi connectivity index (χ0v) is 17.0. The lowest BCUT2D eigenvalue weighted by Crippen LogP contribution is -2.45. The molecular formula is C21H30O7. The fourth-order valence-corrected chi connectivity index (χ4v) is 4.34. The lowest BCUT2D eigenvalue weighted by molar-refractivity contribution is -0.231. The van der Waals surface area contributed by atoms with Crippen LogP contribution >= 0.6 is 0 Å². The number of aliphatic hydroxyl groups is 1. The van der Waals surface area contributed by atoms with Gasteiger partial charge in [-0.15, -0.1) is 0 Å². The number of esters is 2. The second kappa shape index (κ2) is 7.61. The quantitative estimate of drug-likeness (QED) is 0.434. The molecule has 6 atom stereocenters. The van der Waals surface area contributed by atoms with Gasteiger partial charge in [-0.25, -0.2) is 4.79 Å². The molecule has 3 aliphatic rings. The van der Waals surface area contributed by atoms with Crippen LogP contribution in [0.5, 0.6) is 0 Å². The van der Waals surface area contributed by atoms with E-state index in [1.165, 1.54) is 0 Å². The molecule has 0 amide bonds. The fraction of sp³-hybridized carbons (Fsp3) is 0.714. The van der Waals surface area contributed by atoms with E-state index >= 15 is 0 Å². The Bertz CT molecular complexity index is 699. The minimum absolute atomic E-state index is 0.231. The first-order valence-electron chi connectivity index (χ1n) is 9.86. The summed E-state index contributed by atoms with van der Waals surface area (Å²) in [6, 6.07) is 0. The Labute approximate surface area is 165 Å². The number of hydrogen-bond donors (Lipinski definition) is 1. The molecule has 7 heteroatoms. The maximum absolute atomic E-state index is 12.6. The van der Waals surface area contributed by atoms with Crippen molar-refractivity contribution in [2.24, 2.45) is 11.8 Å². The van der Waals surface area contributed by atoms with Gasteiger partial charge in [0.15, 0.2) is 5.79 Å². The molecule has 6 unspecified atom stereocenters. The molecule has 28 heavy (non-hydrogen) atoms. The van der Waals surface area contributed by atoms with Crippen molar-refractivity contribution < 1.29 is 33.6 Å². The van der Waals surface area contributed by atoms with Gasteiger partial charge in [-0.2, -0.15) is 0 Å². The molecule has 2 fully saturated rings. The van der Waals surface area contributed by atoms with E-state index in [1.807, 2.05) is 13.8 Å². The summed E-state index contributed by atoms with van der Waals surface area (Å²) in [5.74, 6) is -2.65. The van der Waals surface area contributed by atoms with Gasteiger partial charge in [0.05, 0.1) is 24.0 Å². The number of carbonyl (C=O) groups excluding carboxylic acids is 2. The van der Waals surface area contributed by atoms with Gasteiger partial charge < -0.3 is 24.1 Å². The molecule has 0 aliphatic carbocycles. The Morgan fingerprint density at radius 3 is 2.79 bits per heavy atom. The molecule has 2 saturated heterocycles. The van der Waals surface area contributed by atoms with Crippen molar-refractivity contribution in [3.8, 4) is 0 Å². The molecule has 3 aliphatic heterocycles. The minimum Gasteiger partial charge on any atom is -0.461 e. The van der Waals surface area contributed by atoms with Crippen LogP contribution in [-0.4, -0.2) is 54.4 Å². The van der Waals surface area contributed by atoms with Crippen molar-refractivity contribution in [1.82, 2.24) is 0 Å². The van der Waals surface area contributed by atoms with E-state index in [9.17, 15) is 14.7 Å². The van der Waals surface area contributed by atoms with E-state index in [4.69, 9.17) is 18.9 Å². The Balaban J connectivity index is 2.05. The highest BCUT2D eigenvalue weighted by molar-refractivity contribution is 5.91. The van der Waals surface area contributed by atoms with E-state index in [0.29, 0.717) is 19.3 Å². The highest BCUT2D eigenvalue weighted by Crippen LogP contribution is 2.49. The number of aliphatic hydroxyl groups excluding tert-OH is 1. The molecular weight excluding hydrogens is 364 g/mol. The number of rotatable bonds is 5. The molecule has 3 heterocycles. The Kier molecular flexibility index (Phi) is 5.71. The van der Waals surface area contributed by atoms with Crippen LogP contribution in [0.3, 0.4) is 0 Å². The standard InChI is InChI=1S/C21H30O7/c1-6-12(2)18(23)27-16-10-20(11-22)7-8-21(25-5,28-20)13(3)9-15-17(16)14(4)19(24)26-15/h9,12,15-17,22H,4,6-8,10-11H2,1-3,5H3. The molecule has 0 aromatic rings. The van der Waals surface area contributed by atoms with Gasteiger partial charge in [0.25, 0.3) is 0 Å². The van der Waals surface area contributed by atoms with Gasteiger partial charge in [-0.3, -0.25) is 4.79 Å². The molecule has 0 saturated carbocycles. The highest BCUT2D eigenvalue weighted by Gasteiger charge is 2.56. The maximum atomic E-state index is 12.6. The summed E-state index contributed by atoms with van der Waals surface area (Å²) in [5, 5.41) is 10.2. The summed E-state index contributed by atoms with van der Waals surface area (Å²) >= 11 is 0. The molecule has 0 aromatic carbocycles. The van der Waals surface area contributed by atoms with Crippen molar-refractivity contribution in [2.75, 3.05) is 13.7 Å². The molecule has 156 valence electrons. The van der Waals surface area contributed by atoms with E-state index in [-0.39, 0.29) is 30.5 Å². The third-order valence-corrected chi connectivity index (χ3v) is 6.44. The third-order valence-electron chi connectivity index (χ3n) is 6.44. The first-order valence-corrected chi connectivity index (χ1v) is 9.86. The lowest BCUT2D eigenvalue weighted by Gasteiger charge is -2.36. The summed E-state index contributed by atoms with van der Waals surface area (Å²) in [5.41, 5.74) is 0.0943. The molecule has 7 nitrogen and oxygen atoms in total. The summed E-state index contributed by atoms with van der Waals surface area (Å²) in [7, 11) is 1.56. The first-order chi connectivity index (χ1) is 13.2. The van der Waals surface area contributed by atoms with Gasteiger partial charge in [0, 0.05) is 25.5 Å². The van der Waals surface area contributed by atoms with Crippen LogP contribution in [0.4, 0.5) is 0 Å². The predicted molar refractivity (Wildman–Crippen MR) is 100 cm³/mol. The van der Waals surface area contributed by atoms with Gasteiger partial charge in [0.1, 0.15) is 12.2 Å². The van der Waals surface area contributed by atoms with E-state index in [2.05, 4.69) is 6.58 Å². The van der Waals surface area contributed by atoms with Crippen LogP contribution in [0.15, 0.2) is 23.8 Å². The topological polar surface area (TPSA) is 91.3 Å². The van der Waals surface area contributed by atoms with Crippen LogP contribution in [0.2, 0.25) is 0 Å². The smallest absolute Gasteiger partial charge is 0.334 e. The largest absolute Gasteiger partial charge is 0.461 e. The highest BCUT2D eigenvalue weighted by atomic mass is 16.7. The van der Waals surface area contributed by atoms with Crippen LogP contribution in [0.1, 0.15) is 46.5 Å². The van der Waals surface area contributed by atoms with Gasteiger partial charge in [0.2, 0.25) is 0 Å². The molecule has 0 aromatic heterocycles. The van der Waals surface area contributed by atoms with Crippen molar-refractivity contribution >= 4 is 11.9 Å². The lowest BCUT2D eigenvalue weighted by atomic mass is 9.81. The van der Waals surface area contributed by atoms with Crippen LogP contribution in [-0.2, 0) is 28.5 Å². The van der Waals surface area contributed by atoms with Crippen LogP contribution < -0.4 is 0 Å². The molecule has 0 radical (unpaired) electrons. The number of methoxy groups -OCH3 is 1. The monoisotopic (exact) mass is 394 g/mol. The average Bonchev–Trinajstić information content (AvgIpc) is 3.20. The fourth-order valence-electron chi connectivity index (χ4n) is 4.34. The van der Waals surface area contributed by atoms with Crippen molar-refractivity contribution in [3.05, 3.63) is 23.8 Å². The van der Waals surface area contributed by atoms with Gasteiger partial charge >= 0.3 is 11.9 Å². The summed E-state index contributed by atoms with van der Waals surface area (Å²) < 4.78 is 23.4. The summed E-state index contributed by atoms with van der Waals surface area (Å²) in [4.78, 5) is 24.8. The van der Waals surface area contributed by atoms with Crippen molar-refractivity contribution in [3.63, 3.8) is 0 Å². The van der Waals surface area contributed by atoms with E-state index < -0.39 is 35.5 Å². The molecule has 3 rings (SSSR count). The normalized spacial score (nSPS) is 38.6. The van der Waals surface area contributed by atoms with Crippen molar-refractivity contribution in [1.29, 1.82) is 0 Å². The first kappa shape index (κ1) is 21.0. The SMILES string of the molecule is C=C1C(=O)OC2C=C(C)C3(OC)CCC(CO)(CC(OC(=O)C(C)CC)C12)O3. The zero-order valence-electron chi connectivity index (χ0n) is 17.0. The summed E-state index contributed by atoms with van der Waals surface area (Å²) in [6.45, 7) is 9.21. The van der Waals surface area contributed by atoms with Crippen molar-refractivity contribution in [2.45, 2.75) is 70.1 Å². The second-order valence-corrected chi connectivity index (χ2v) is 8.16. The molecule has 0 spiro atoms. The summed E-state index contributed by atoms with van der Waals surface area (Å²) in [6.07, 6.45) is 2.43. The number of fused-ring (bicyclic) bond motifs is 3. The maximum Gasteiger partial charge on any atom is 0.334 e. The van der Waals surface area contributed by atoms with E-state index in [0.717, 1.165) is 5.57 Å². The number of carbonyl (C=O) groups is 2. The average molecular weight is 394 g/mol. The number of hydrogen-bond acceptors (Lipinski definition) is 7. The predicted octanol–water partition coefficient (Wildman–Crippen LogP) is 2.28. The van der Waals surface area contributed by atoms with Gasteiger partial charge in [-0.05, 0) is 31.4 Å². The minimum atomic E-state index is -1.00. The van der Waals surface area contributed by atoms with E-state index in [1.54, 1.807) is 20.1 Å². The van der Waals surface area contributed by atoms with Crippen LogP contribution in [0.25, 0.3) is 0 Å². The second-order valence-electron chi connectivity index (χ2n) is 8.16. The third kappa shape index (κ3) is 3.40. The molecule has 2 bridgehead atoms. The zero-order chi connectivity index (χ0) is 20.7. The Morgan fingerprint density at radius 1 is 1.46 bits per heavy atom. The van der Waals surface area contributed by atoms with Crippen LogP contribution in [0, 0.1) is 11.8 Å². The van der Waals surface area contributed by atoms with Gasteiger partial charge in [-0.1, -0.05) is 20.4 Å². The molecule has 1 N–H and O–H groups in total. The Hall–Kier alpha value is -1.70. The Morgan fingerprint density at radius 2 is 2.18 bits per heavy atom. The number of ether oxygens (including phenoxy) is 4.